The average molecular weight is 148 g/mol. The summed E-state index contributed by atoms with van der Waals surface area (Å²) in [6.45, 7) is 0.531. The van der Waals surface area contributed by atoms with Crippen LogP contribution >= 0.6 is 0 Å². The lowest BCUT2D eigenvalue weighted by Crippen LogP contribution is -2.89. The first-order chi connectivity index (χ1) is 5.41. The van der Waals surface area contributed by atoms with Crippen LogP contribution < -0.4 is 0 Å². The molecule has 0 aromatic carbocycles. The molecule has 11 heavy (non-hydrogen) atoms. The Morgan fingerprint density at radius 1 is 1.09 bits per heavy atom. The monoisotopic (exact) mass is 148 g/mol. The molecular formula is C10H12O. The van der Waals surface area contributed by atoms with Gasteiger partial charge in [-0.15, -0.1) is 0 Å². The number of hydrogen-bond acceptors (Lipinski definition) is 1. The number of rotatable bonds is 1. The Labute approximate surface area is 65.8 Å². The second kappa shape index (κ2) is 0.953. The van der Waals surface area contributed by atoms with Gasteiger partial charge in [0.2, 0.25) is 0 Å². The summed E-state index contributed by atoms with van der Waals surface area (Å²) >= 11 is 0. The molecule has 1 N–H and O–H groups in total. The highest BCUT2D eigenvalue weighted by molar-refractivity contribution is 5.43. The Morgan fingerprint density at radius 3 is 2.36 bits per heavy atom. The molecule has 1 heteroatoms. The molecule has 0 aromatic rings. The molecule has 0 saturated heterocycles. The van der Waals surface area contributed by atoms with Crippen LogP contribution in [-0.2, 0) is 0 Å². The van der Waals surface area contributed by atoms with Gasteiger partial charge in [0.1, 0.15) is 0 Å². The largest absolute Gasteiger partial charge is 0.396 e. The molecule has 0 radical (unpaired) electrons. The Hall–Kier alpha value is -0.0400. The summed E-state index contributed by atoms with van der Waals surface area (Å²) < 4.78 is 0. The minimum Gasteiger partial charge on any atom is -0.396 e. The lowest BCUT2D eigenvalue weighted by atomic mass is 9.13. The van der Waals surface area contributed by atoms with Crippen molar-refractivity contribution >= 4 is 0 Å². The van der Waals surface area contributed by atoms with Crippen molar-refractivity contribution in [2.75, 3.05) is 6.61 Å². The molecule has 6 aliphatic rings. The molecule has 4 atom stereocenters. The summed E-state index contributed by atoms with van der Waals surface area (Å²) in [5.41, 5.74) is 0.549. The molecule has 6 rings (SSSR count). The molecule has 58 valence electrons. The lowest BCUT2D eigenvalue weighted by Gasteiger charge is -2.91. The van der Waals surface area contributed by atoms with Crippen molar-refractivity contribution in [2.24, 2.45) is 46.8 Å². The maximum absolute atomic E-state index is 9.34. The first-order valence-corrected chi connectivity index (χ1v) is 5.02. The summed E-state index contributed by atoms with van der Waals surface area (Å²) in [6.07, 6.45) is 1.56. The van der Waals surface area contributed by atoms with Gasteiger partial charge in [0.25, 0.3) is 0 Å². The van der Waals surface area contributed by atoms with E-state index in [1.54, 1.807) is 6.42 Å². The van der Waals surface area contributed by atoms with Crippen LogP contribution in [0.15, 0.2) is 0 Å². The van der Waals surface area contributed by atoms with Crippen LogP contribution in [0.5, 0.6) is 0 Å². The van der Waals surface area contributed by atoms with Crippen LogP contribution in [0.3, 0.4) is 0 Å². The fourth-order valence-corrected chi connectivity index (χ4v) is 6.45. The van der Waals surface area contributed by atoms with Gasteiger partial charge in [0.05, 0.1) is 0 Å². The third-order valence-corrected chi connectivity index (χ3v) is 6.25. The van der Waals surface area contributed by atoms with Gasteiger partial charge in [0, 0.05) is 12.0 Å². The highest BCUT2D eigenvalue weighted by Gasteiger charge is 2.97. The van der Waals surface area contributed by atoms with Crippen LogP contribution in [-0.4, -0.2) is 11.7 Å². The van der Waals surface area contributed by atoms with E-state index in [0.29, 0.717) is 12.0 Å². The van der Waals surface area contributed by atoms with Gasteiger partial charge in [-0.3, -0.25) is 0 Å². The van der Waals surface area contributed by atoms with E-state index in [1.807, 2.05) is 0 Å². The Bertz CT molecular complexity index is 261. The van der Waals surface area contributed by atoms with Gasteiger partial charge in [-0.2, -0.15) is 0 Å². The maximum atomic E-state index is 9.34. The van der Waals surface area contributed by atoms with Crippen LogP contribution in [0, 0.1) is 46.8 Å². The van der Waals surface area contributed by atoms with Gasteiger partial charge in [-0.25, -0.2) is 0 Å². The predicted molar refractivity (Wildman–Crippen MR) is 38.6 cm³/mol. The summed E-state index contributed by atoms with van der Waals surface area (Å²) in [4.78, 5) is 0. The van der Waals surface area contributed by atoms with Crippen LogP contribution in [0.4, 0.5) is 0 Å². The van der Waals surface area contributed by atoms with Crippen LogP contribution in [0.25, 0.3) is 0 Å². The van der Waals surface area contributed by atoms with E-state index in [0.717, 1.165) is 41.4 Å². The highest BCUT2D eigenvalue weighted by Crippen LogP contribution is 2.99. The van der Waals surface area contributed by atoms with Crippen molar-refractivity contribution in [3.05, 3.63) is 0 Å². The SMILES string of the molecule is OCC12C3[C@H]4C5CC([C@H]41)[C@@H]2[C@H]53. The average Bonchev–Trinajstić information content (AvgIpc) is 2.27. The summed E-state index contributed by atoms with van der Waals surface area (Å²) in [7, 11) is 0. The summed E-state index contributed by atoms with van der Waals surface area (Å²) in [5, 5.41) is 9.34. The zero-order valence-corrected chi connectivity index (χ0v) is 6.40. The van der Waals surface area contributed by atoms with E-state index in [9.17, 15) is 5.11 Å². The summed E-state index contributed by atoms with van der Waals surface area (Å²) in [5.74, 6) is 7.60. The third kappa shape index (κ3) is 0.195. The molecule has 0 amide bonds. The van der Waals surface area contributed by atoms with Crippen molar-refractivity contribution in [1.29, 1.82) is 0 Å². The van der Waals surface area contributed by atoms with Crippen LogP contribution in [0.1, 0.15) is 6.42 Å². The number of aliphatic hydroxyl groups excluding tert-OH is 1. The van der Waals surface area contributed by atoms with Gasteiger partial charge < -0.3 is 5.11 Å². The van der Waals surface area contributed by atoms with Crippen LogP contribution in [0.2, 0.25) is 0 Å². The second-order valence-electron chi connectivity index (χ2n) is 5.57. The molecule has 0 spiro atoms. The standard InChI is InChI=1S/C10H12O/c11-2-10-7-4-1-3-5(7)9(10)6(3)8(4)10/h3-9,11H,1-2H2/t3?,4?,5-,6-,7+,8+,9?,10?/m0/s1. The van der Waals surface area contributed by atoms with Gasteiger partial charge in [-0.05, 0) is 47.8 Å². The molecule has 2 bridgehead atoms. The maximum Gasteiger partial charge on any atom is 0.0496 e. The van der Waals surface area contributed by atoms with Gasteiger partial charge in [-0.1, -0.05) is 0 Å². The molecule has 1 nitrogen and oxygen atoms in total. The van der Waals surface area contributed by atoms with E-state index in [-0.39, 0.29) is 0 Å². The quantitative estimate of drug-likeness (QED) is 0.581. The lowest BCUT2D eigenvalue weighted by molar-refractivity contribution is -0.455. The molecule has 6 aliphatic carbocycles. The smallest absolute Gasteiger partial charge is 0.0496 e. The first kappa shape index (κ1) is 4.86. The van der Waals surface area contributed by atoms with Crippen molar-refractivity contribution in [3.8, 4) is 0 Å². The number of hydrogen-bond donors (Lipinski definition) is 1. The minimum atomic E-state index is 0.531. The molecule has 6 fully saturated rings. The van der Waals surface area contributed by atoms with Gasteiger partial charge >= 0.3 is 0 Å². The minimum absolute atomic E-state index is 0.531. The third-order valence-electron chi connectivity index (χ3n) is 6.25. The molecule has 0 aromatic heterocycles. The predicted octanol–water partition coefficient (Wildman–Crippen LogP) is 0.737. The zero-order valence-electron chi connectivity index (χ0n) is 6.40. The van der Waals surface area contributed by atoms with E-state index in [2.05, 4.69) is 0 Å². The van der Waals surface area contributed by atoms with Crippen molar-refractivity contribution in [3.63, 3.8) is 0 Å². The van der Waals surface area contributed by atoms with E-state index >= 15 is 0 Å². The zero-order chi connectivity index (χ0) is 6.96. The van der Waals surface area contributed by atoms with Crippen molar-refractivity contribution < 1.29 is 5.11 Å². The van der Waals surface area contributed by atoms with Crippen molar-refractivity contribution in [2.45, 2.75) is 6.42 Å². The second-order valence-corrected chi connectivity index (χ2v) is 5.57. The Kier molecular flexibility index (Phi) is 0.421. The number of aliphatic hydroxyl groups is 1. The highest BCUT2D eigenvalue weighted by atomic mass is 16.3. The fourth-order valence-electron chi connectivity index (χ4n) is 6.45. The Morgan fingerprint density at radius 2 is 1.82 bits per heavy atom. The molecular weight excluding hydrogens is 136 g/mol. The van der Waals surface area contributed by atoms with Crippen molar-refractivity contribution in [1.82, 2.24) is 0 Å². The van der Waals surface area contributed by atoms with E-state index in [4.69, 9.17) is 0 Å². The fraction of sp³-hybridized carbons (Fsp3) is 1.00. The molecule has 0 unspecified atom stereocenters. The van der Waals surface area contributed by atoms with Gasteiger partial charge in [0.15, 0.2) is 0 Å². The topological polar surface area (TPSA) is 20.2 Å². The normalized spacial score (nSPS) is 89.7. The van der Waals surface area contributed by atoms with E-state index < -0.39 is 0 Å². The first-order valence-electron chi connectivity index (χ1n) is 5.02. The molecule has 0 heterocycles. The summed E-state index contributed by atoms with van der Waals surface area (Å²) in [6, 6.07) is 0. The van der Waals surface area contributed by atoms with E-state index in [1.165, 1.54) is 0 Å². The molecule has 6 saturated carbocycles. The molecule has 0 aliphatic heterocycles. The Balaban J connectivity index is 1.79.